The summed E-state index contributed by atoms with van der Waals surface area (Å²) >= 11 is 1.53. The molecule has 2 rings (SSSR count). The second-order valence-corrected chi connectivity index (χ2v) is 5.27. The van der Waals surface area contributed by atoms with Crippen molar-refractivity contribution in [3.05, 3.63) is 40.2 Å². The van der Waals surface area contributed by atoms with E-state index in [2.05, 4.69) is 18.0 Å². The summed E-state index contributed by atoms with van der Waals surface area (Å²) in [6.45, 7) is 3.95. The van der Waals surface area contributed by atoms with E-state index in [-0.39, 0.29) is 12.3 Å². The van der Waals surface area contributed by atoms with Gasteiger partial charge in [0.15, 0.2) is 0 Å². The van der Waals surface area contributed by atoms with Gasteiger partial charge in [-0.1, -0.05) is 31.2 Å². The van der Waals surface area contributed by atoms with Crippen LogP contribution in [0.4, 0.5) is 0 Å². The lowest BCUT2D eigenvalue weighted by Crippen LogP contribution is -2.02. The Hall–Kier alpha value is -1.68. The number of rotatable bonds is 4. The van der Waals surface area contributed by atoms with Gasteiger partial charge in [-0.15, -0.1) is 11.3 Å². The van der Waals surface area contributed by atoms with E-state index in [1.54, 1.807) is 0 Å². The Balaban J connectivity index is 2.26. The molecule has 1 aromatic heterocycles. The Morgan fingerprint density at radius 2 is 2.17 bits per heavy atom. The first-order valence-corrected chi connectivity index (χ1v) is 6.69. The van der Waals surface area contributed by atoms with Crippen LogP contribution in [0.5, 0.6) is 0 Å². The fraction of sp³-hybridized carbons (Fsp3) is 0.286. The molecule has 1 atom stereocenters. The molecular weight excluding hydrogens is 246 g/mol. The van der Waals surface area contributed by atoms with Gasteiger partial charge in [-0.05, 0) is 12.5 Å². The molecule has 1 unspecified atom stereocenters. The molecule has 1 heterocycles. The second-order valence-electron chi connectivity index (χ2n) is 4.38. The maximum Gasteiger partial charge on any atom is 0.304 e. The summed E-state index contributed by atoms with van der Waals surface area (Å²) in [6.07, 6.45) is 0.126. The molecule has 3 nitrogen and oxygen atoms in total. The number of hydrogen-bond donors (Lipinski definition) is 1. The number of carbonyl (C=O) groups is 1. The van der Waals surface area contributed by atoms with Crippen LogP contribution in [-0.4, -0.2) is 16.1 Å². The van der Waals surface area contributed by atoms with E-state index in [9.17, 15) is 4.79 Å². The maximum atomic E-state index is 10.7. The summed E-state index contributed by atoms with van der Waals surface area (Å²) in [4.78, 5) is 15.2. The number of aryl methyl sites for hydroxylation is 1. The quantitative estimate of drug-likeness (QED) is 0.913. The molecule has 0 radical (unpaired) electrons. The molecule has 1 N–H and O–H groups in total. The summed E-state index contributed by atoms with van der Waals surface area (Å²) in [5, 5.41) is 11.7. The van der Waals surface area contributed by atoms with Crippen LogP contribution < -0.4 is 0 Å². The van der Waals surface area contributed by atoms with Crippen LogP contribution in [0.2, 0.25) is 0 Å². The Morgan fingerprint density at radius 3 is 2.83 bits per heavy atom. The molecule has 0 saturated heterocycles. The maximum absolute atomic E-state index is 10.7. The van der Waals surface area contributed by atoms with Crippen molar-refractivity contribution in [1.82, 2.24) is 4.98 Å². The van der Waals surface area contributed by atoms with E-state index in [1.807, 2.05) is 30.5 Å². The Labute approximate surface area is 110 Å². The fourth-order valence-electron chi connectivity index (χ4n) is 1.85. The van der Waals surface area contributed by atoms with Crippen molar-refractivity contribution < 1.29 is 9.90 Å². The van der Waals surface area contributed by atoms with Crippen molar-refractivity contribution in [3.63, 3.8) is 0 Å². The smallest absolute Gasteiger partial charge is 0.304 e. The van der Waals surface area contributed by atoms with Gasteiger partial charge in [0, 0.05) is 16.9 Å². The van der Waals surface area contributed by atoms with Crippen molar-refractivity contribution in [2.45, 2.75) is 26.2 Å². The first-order valence-electron chi connectivity index (χ1n) is 5.81. The van der Waals surface area contributed by atoms with Gasteiger partial charge in [0.2, 0.25) is 0 Å². The summed E-state index contributed by atoms with van der Waals surface area (Å²) in [5.74, 6) is -0.819. The Bertz CT molecular complexity index is 562. The van der Waals surface area contributed by atoms with Gasteiger partial charge in [-0.2, -0.15) is 0 Å². The van der Waals surface area contributed by atoms with Crippen molar-refractivity contribution in [1.29, 1.82) is 0 Å². The van der Waals surface area contributed by atoms with Crippen LogP contribution in [0.25, 0.3) is 11.3 Å². The van der Waals surface area contributed by atoms with Crippen LogP contribution in [0.3, 0.4) is 0 Å². The van der Waals surface area contributed by atoms with E-state index >= 15 is 0 Å². The van der Waals surface area contributed by atoms with Crippen molar-refractivity contribution in [2.75, 3.05) is 0 Å². The SMILES string of the molecule is Cc1ccccc1-c1csc(C(C)CC(=O)O)n1. The third-order valence-corrected chi connectivity index (χ3v) is 3.92. The van der Waals surface area contributed by atoms with Gasteiger partial charge in [-0.3, -0.25) is 4.79 Å². The number of nitrogens with zero attached hydrogens (tertiary/aromatic N) is 1. The topological polar surface area (TPSA) is 50.2 Å². The zero-order chi connectivity index (χ0) is 13.1. The van der Waals surface area contributed by atoms with Crippen LogP contribution in [0.1, 0.15) is 29.8 Å². The lowest BCUT2D eigenvalue weighted by Gasteiger charge is -2.04. The monoisotopic (exact) mass is 261 g/mol. The largest absolute Gasteiger partial charge is 0.481 e. The Kier molecular flexibility index (Phi) is 3.77. The number of hydrogen-bond acceptors (Lipinski definition) is 3. The molecule has 2 aromatic rings. The minimum atomic E-state index is -0.782. The van der Waals surface area contributed by atoms with Crippen molar-refractivity contribution in [2.24, 2.45) is 0 Å². The Morgan fingerprint density at radius 1 is 1.44 bits per heavy atom. The summed E-state index contributed by atoms with van der Waals surface area (Å²) in [6, 6.07) is 8.08. The molecule has 0 aliphatic carbocycles. The molecule has 0 bridgehead atoms. The molecule has 94 valence electrons. The predicted octanol–water partition coefficient (Wildman–Crippen LogP) is 3.70. The lowest BCUT2D eigenvalue weighted by molar-refractivity contribution is -0.137. The zero-order valence-corrected chi connectivity index (χ0v) is 11.2. The first kappa shape index (κ1) is 12.8. The third-order valence-electron chi connectivity index (χ3n) is 2.85. The van der Waals surface area contributed by atoms with Gasteiger partial charge in [0.25, 0.3) is 0 Å². The third kappa shape index (κ3) is 2.76. The highest BCUT2D eigenvalue weighted by molar-refractivity contribution is 7.10. The van der Waals surface area contributed by atoms with Gasteiger partial charge in [0.05, 0.1) is 17.1 Å². The van der Waals surface area contributed by atoms with Gasteiger partial charge >= 0.3 is 5.97 Å². The lowest BCUT2D eigenvalue weighted by atomic mass is 10.1. The first-order chi connectivity index (χ1) is 8.58. The van der Waals surface area contributed by atoms with Crippen LogP contribution >= 0.6 is 11.3 Å². The average Bonchev–Trinajstić information content (AvgIpc) is 2.78. The highest BCUT2D eigenvalue weighted by Gasteiger charge is 2.15. The molecule has 0 amide bonds. The number of benzene rings is 1. The van der Waals surface area contributed by atoms with E-state index in [0.717, 1.165) is 16.3 Å². The van der Waals surface area contributed by atoms with Gasteiger partial charge < -0.3 is 5.11 Å². The van der Waals surface area contributed by atoms with E-state index in [1.165, 1.54) is 16.9 Å². The van der Waals surface area contributed by atoms with Gasteiger partial charge in [-0.25, -0.2) is 4.98 Å². The van der Waals surface area contributed by atoms with E-state index < -0.39 is 5.97 Å². The molecule has 0 aliphatic rings. The minimum Gasteiger partial charge on any atom is -0.481 e. The molecule has 0 spiro atoms. The van der Waals surface area contributed by atoms with Crippen LogP contribution in [-0.2, 0) is 4.79 Å². The zero-order valence-electron chi connectivity index (χ0n) is 10.4. The van der Waals surface area contributed by atoms with Crippen molar-refractivity contribution in [3.8, 4) is 11.3 Å². The minimum absolute atomic E-state index is 0.0368. The summed E-state index contributed by atoms with van der Waals surface area (Å²) < 4.78 is 0. The van der Waals surface area contributed by atoms with Crippen molar-refractivity contribution >= 4 is 17.3 Å². The van der Waals surface area contributed by atoms with Crippen LogP contribution in [0, 0.1) is 6.92 Å². The normalized spacial score (nSPS) is 12.3. The molecule has 0 aliphatic heterocycles. The number of carboxylic acids is 1. The van der Waals surface area contributed by atoms with E-state index in [4.69, 9.17) is 5.11 Å². The molecule has 4 heteroatoms. The molecule has 0 fully saturated rings. The predicted molar refractivity (Wildman–Crippen MR) is 73.0 cm³/mol. The number of aromatic nitrogens is 1. The average molecular weight is 261 g/mol. The number of thiazole rings is 1. The number of aliphatic carboxylic acids is 1. The molecular formula is C14H15NO2S. The molecule has 1 aromatic carbocycles. The fourth-order valence-corrected chi connectivity index (χ4v) is 2.73. The summed E-state index contributed by atoms with van der Waals surface area (Å²) in [7, 11) is 0. The number of carboxylic acid groups (broad SMARTS) is 1. The second kappa shape index (κ2) is 5.31. The molecule has 18 heavy (non-hydrogen) atoms. The highest BCUT2D eigenvalue weighted by atomic mass is 32.1. The van der Waals surface area contributed by atoms with E-state index in [0.29, 0.717) is 0 Å². The highest BCUT2D eigenvalue weighted by Crippen LogP contribution is 2.29. The van der Waals surface area contributed by atoms with Crippen LogP contribution in [0.15, 0.2) is 29.6 Å². The summed E-state index contributed by atoms with van der Waals surface area (Å²) in [5.41, 5.74) is 3.23. The van der Waals surface area contributed by atoms with Gasteiger partial charge in [0.1, 0.15) is 0 Å². The molecule has 0 saturated carbocycles. The standard InChI is InChI=1S/C14H15NO2S/c1-9-5-3-4-6-11(9)12-8-18-14(15-12)10(2)7-13(16)17/h3-6,8,10H,7H2,1-2H3,(H,16,17).